The summed E-state index contributed by atoms with van der Waals surface area (Å²) < 4.78 is 66.1. The van der Waals surface area contributed by atoms with E-state index >= 15 is 0 Å². The van der Waals surface area contributed by atoms with Crippen molar-refractivity contribution in [3.05, 3.63) is 59.5 Å². The molecule has 0 radical (unpaired) electrons. The second-order valence-electron chi connectivity index (χ2n) is 7.01. The van der Waals surface area contributed by atoms with E-state index in [1.807, 2.05) is 0 Å². The Bertz CT molecular complexity index is 1720. The van der Waals surface area contributed by atoms with E-state index in [1.54, 1.807) is 0 Å². The molecule has 0 spiro atoms. The van der Waals surface area contributed by atoms with Gasteiger partial charge in [0.05, 0.1) is 16.6 Å². The van der Waals surface area contributed by atoms with Crippen LogP contribution >= 0.6 is 0 Å². The van der Waals surface area contributed by atoms with Crippen LogP contribution in [-0.2, 0) is 20.1 Å². The molecule has 2 aromatic rings. The molecule has 170 valence electrons. The smallest absolute Gasteiger partial charge is 0.336 e. The molecule has 1 heterocycles. The Balaban J connectivity index is 2.40. The molecule has 0 saturated carbocycles. The highest BCUT2D eigenvalue weighted by molar-refractivity contribution is 7.89. The average molecular weight is 488 g/mol. The Labute approximate surface area is 186 Å². The molecule has 0 aromatic heterocycles. The Morgan fingerprint density at radius 3 is 2.24 bits per heavy atom. The Kier molecular flexibility index (Phi) is 5.01. The topological polar surface area (TPSA) is 218 Å². The maximum absolute atomic E-state index is 12.3. The van der Waals surface area contributed by atoms with Gasteiger partial charge in [-0.3, -0.25) is 5.41 Å². The molecule has 0 saturated heterocycles. The van der Waals surface area contributed by atoms with Gasteiger partial charge in [-0.05, 0) is 35.9 Å². The number of fused-ring (bicyclic) bond motifs is 2. The zero-order valence-corrected chi connectivity index (χ0v) is 18.0. The van der Waals surface area contributed by atoms with Gasteiger partial charge in [-0.1, -0.05) is 18.2 Å². The van der Waals surface area contributed by atoms with Crippen molar-refractivity contribution in [1.29, 1.82) is 5.41 Å². The Morgan fingerprint density at radius 1 is 0.970 bits per heavy atom. The third-order valence-corrected chi connectivity index (χ3v) is 6.85. The molecule has 0 atom stereocenters. The van der Waals surface area contributed by atoms with Crippen LogP contribution in [0, 0.1) is 5.41 Å². The number of hydrogen-bond acceptors (Lipinski definition) is 9. The zero-order chi connectivity index (χ0) is 24.3. The van der Waals surface area contributed by atoms with Crippen molar-refractivity contribution >= 4 is 42.8 Å². The molecule has 0 fully saturated rings. The lowest BCUT2D eigenvalue weighted by Crippen LogP contribution is -2.18. The van der Waals surface area contributed by atoms with Crippen LogP contribution in [0.2, 0.25) is 0 Å². The molecule has 6 N–H and O–H groups in total. The average Bonchev–Trinajstić information content (AvgIpc) is 2.69. The van der Waals surface area contributed by atoms with Gasteiger partial charge in [-0.15, -0.1) is 0 Å². The van der Waals surface area contributed by atoms with Gasteiger partial charge < -0.3 is 19.8 Å². The van der Waals surface area contributed by atoms with Crippen LogP contribution in [0.15, 0.2) is 62.7 Å². The second-order valence-corrected chi connectivity index (χ2v) is 9.82. The van der Waals surface area contributed by atoms with Gasteiger partial charge in [0.15, 0.2) is 11.3 Å². The maximum atomic E-state index is 12.3. The van der Waals surface area contributed by atoms with E-state index in [0.717, 1.165) is 6.07 Å². The fourth-order valence-corrected chi connectivity index (χ4v) is 5.23. The summed E-state index contributed by atoms with van der Waals surface area (Å²) in [6.45, 7) is 0. The van der Waals surface area contributed by atoms with Crippen molar-refractivity contribution in [3.63, 3.8) is 0 Å². The number of benzene rings is 3. The molecule has 33 heavy (non-hydrogen) atoms. The van der Waals surface area contributed by atoms with E-state index < -0.39 is 52.6 Å². The highest BCUT2D eigenvalue weighted by Crippen LogP contribution is 2.45. The van der Waals surface area contributed by atoms with Crippen LogP contribution < -0.4 is 16.2 Å². The molecule has 4 rings (SSSR count). The number of nitrogen functional groups attached to an aromatic ring is 1. The highest BCUT2D eigenvalue weighted by Gasteiger charge is 2.29. The number of nitrogens with two attached hydrogens (primary N) is 2. The van der Waals surface area contributed by atoms with Gasteiger partial charge >= 0.3 is 5.97 Å². The summed E-state index contributed by atoms with van der Waals surface area (Å²) in [5, 5.41) is 22.3. The summed E-state index contributed by atoms with van der Waals surface area (Å²) in [5.74, 6) is -1.95. The number of rotatable bonds is 4. The van der Waals surface area contributed by atoms with Crippen molar-refractivity contribution < 1.29 is 35.7 Å². The van der Waals surface area contributed by atoms with Crippen LogP contribution in [0.4, 0.5) is 5.69 Å². The Morgan fingerprint density at radius 2 is 1.64 bits per heavy atom. The van der Waals surface area contributed by atoms with Crippen molar-refractivity contribution in [1.82, 2.24) is 0 Å². The van der Waals surface area contributed by atoms with E-state index in [2.05, 4.69) is 0 Å². The highest BCUT2D eigenvalue weighted by atomic mass is 32.2. The maximum Gasteiger partial charge on any atom is 0.336 e. The summed E-state index contributed by atoms with van der Waals surface area (Å²) in [5.41, 5.74) is 4.90. The van der Waals surface area contributed by atoms with E-state index in [-0.39, 0.29) is 33.3 Å². The number of carboxylic acids is 1. The number of nitrogens with one attached hydrogen (secondary N) is 1. The summed E-state index contributed by atoms with van der Waals surface area (Å²) in [7, 11) is -9.79. The minimum absolute atomic E-state index is 0.0354. The van der Waals surface area contributed by atoms with Crippen molar-refractivity contribution in [3.8, 4) is 22.5 Å². The van der Waals surface area contributed by atoms with Gasteiger partial charge in [-0.25, -0.2) is 26.8 Å². The SMILES string of the molecule is N=c1ccc2c(-c3ccccc3C(=O)O)c3ccc(N)c(S(N)(=O)=O)c3oc-2c1S(=O)(=O)[O-]. The first-order chi connectivity index (χ1) is 15.3. The first-order valence-electron chi connectivity index (χ1n) is 9.00. The van der Waals surface area contributed by atoms with E-state index in [1.165, 1.54) is 42.5 Å². The number of anilines is 1. The third kappa shape index (κ3) is 3.62. The predicted octanol–water partition coefficient (Wildman–Crippen LogP) is 1.52. The van der Waals surface area contributed by atoms with Gasteiger partial charge in [0, 0.05) is 16.5 Å². The van der Waals surface area contributed by atoms with Crippen LogP contribution in [0.5, 0.6) is 0 Å². The molecule has 0 amide bonds. The van der Waals surface area contributed by atoms with E-state index in [0.29, 0.717) is 0 Å². The van der Waals surface area contributed by atoms with Crippen molar-refractivity contribution in [2.24, 2.45) is 5.14 Å². The number of hydrogen-bond donors (Lipinski definition) is 4. The molecule has 1 aliphatic heterocycles. The van der Waals surface area contributed by atoms with Crippen LogP contribution in [0.25, 0.3) is 33.4 Å². The zero-order valence-electron chi connectivity index (χ0n) is 16.4. The summed E-state index contributed by atoms with van der Waals surface area (Å²) >= 11 is 0. The molecule has 13 heteroatoms. The van der Waals surface area contributed by atoms with E-state index in [4.69, 9.17) is 20.7 Å². The first kappa shape index (κ1) is 22.4. The van der Waals surface area contributed by atoms with Crippen molar-refractivity contribution in [2.75, 3.05) is 5.73 Å². The number of carbonyl (C=O) groups is 1. The van der Waals surface area contributed by atoms with Crippen LogP contribution in [0.3, 0.4) is 0 Å². The lowest BCUT2D eigenvalue weighted by Gasteiger charge is -2.21. The molecule has 11 nitrogen and oxygen atoms in total. The summed E-state index contributed by atoms with van der Waals surface area (Å²) in [4.78, 5) is 10.2. The number of primary sulfonamides is 1. The molecular weight excluding hydrogens is 474 g/mol. The van der Waals surface area contributed by atoms with Gasteiger partial charge in [-0.2, -0.15) is 0 Å². The fraction of sp³-hybridized carbons (Fsp3) is 0. The number of sulfonamides is 1. The minimum atomic E-state index is -5.27. The van der Waals surface area contributed by atoms with Crippen molar-refractivity contribution in [2.45, 2.75) is 9.79 Å². The minimum Gasteiger partial charge on any atom is -0.744 e. The number of aromatic carboxylic acids is 1. The van der Waals surface area contributed by atoms with Gasteiger partial charge in [0.2, 0.25) is 10.0 Å². The lowest BCUT2D eigenvalue weighted by atomic mass is 9.90. The van der Waals surface area contributed by atoms with Crippen LogP contribution in [-0.4, -0.2) is 32.5 Å². The quantitative estimate of drug-likeness (QED) is 0.185. The monoisotopic (exact) mass is 488 g/mol. The first-order valence-corrected chi connectivity index (χ1v) is 12.0. The molecular formula is C20H14N3O8S2-. The van der Waals surface area contributed by atoms with Gasteiger partial charge in [0.25, 0.3) is 0 Å². The molecule has 2 aromatic carbocycles. The summed E-state index contributed by atoms with van der Waals surface area (Å²) in [6.07, 6.45) is 0. The molecule has 2 aliphatic rings. The third-order valence-electron chi connectivity index (χ3n) is 4.96. The standard InChI is InChI=1S/C20H15N3O8S2/c21-13-7-5-11-15(9-3-1-2-4-10(9)20(24)25)12-6-8-14(22)19(33(28,29)30)17(12)31-16(11)18(13)32(23,26)27/h1-8,22H,21H2,(H,24,25)(H2,23,26,27)(H,28,29,30)/p-1. The normalized spacial score (nSPS) is 12.3. The summed E-state index contributed by atoms with van der Waals surface area (Å²) in [6, 6.07) is 10.6. The van der Waals surface area contributed by atoms with Crippen LogP contribution in [0.1, 0.15) is 10.4 Å². The lowest BCUT2D eigenvalue weighted by molar-refractivity contribution is 0.0697. The Hall–Kier alpha value is -3.78. The number of carboxylic acid groups (broad SMARTS) is 1. The largest absolute Gasteiger partial charge is 0.744 e. The fourth-order valence-electron chi connectivity index (χ4n) is 3.70. The molecule has 0 unspecified atom stereocenters. The molecule has 1 aliphatic carbocycles. The molecule has 0 bridgehead atoms. The second kappa shape index (κ2) is 7.38. The van der Waals surface area contributed by atoms with Gasteiger partial charge in [0.1, 0.15) is 19.9 Å². The predicted molar refractivity (Wildman–Crippen MR) is 115 cm³/mol. The van der Waals surface area contributed by atoms with E-state index in [9.17, 15) is 31.3 Å².